The van der Waals surface area contributed by atoms with Crippen molar-refractivity contribution in [2.45, 2.75) is 18.4 Å². The minimum Gasteiger partial charge on any atom is -0.333 e. The van der Waals surface area contributed by atoms with Crippen molar-refractivity contribution in [3.05, 3.63) is 65.5 Å². The molecule has 2 aliphatic rings. The van der Waals surface area contributed by atoms with E-state index < -0.39 is 5.92 Å². The number of piperazine rings is 1. The van der Waals surface area contributed by atoms with Crippen LogP contribution in [0.1, 0.15) is 29.5 Å². The average molecular weight is 390 g/mol. The number of hydrogen-bond donors (Lipinski definition) is 2. The molecule has 2 aliphatic heterocycles. The summed E-state index contributed by atoms with van der Waals surface area (Å²) < 4.78 is 13.7. The number of carbonyl (C=O) groups is 2. The van der Waals surface area contributed by atoms with Crippen LogP contribution in [-0.4, -0.2) is 36.3 Å². The lowest BCUT2D eigenvalue weighted by Gasteiger charge is -2.39. The van der Waals surface area contributed by atoms with Crippen molar-refractivity contribution in [3.63, 3.8) is 0 Å². The van der Waals surface area contributed by atoms with Gasteiger partial charge in [0, 0.05) is 31.7 Å². The summed E-state index contributed by atoms with van der Waals surface area (Å²) in [5.41, 5.74) is 2.30. The fourth-order valence-corrected chi connectivity index (χ4v) is 3.81. The molecular formula is C20H21ClFN3O2. The summed E-state index contributed by atoms with van der Waals surface area (Å²) in [7, 11) is 0. The molecule has 2 N–H and O–H groups in total. The highest BCUT2D eigenvalue weighted by Gasteiger charge is 2.37. The lowest BCUT2D eigenvalue weighted by Crippen LogP contribution is -2.50. The Labute approximate surface area is 163 Å². The van der Waals surface area contributed by atoms with Crippen molar-refractivity contribution < 1.29 is 14.0 Å². The third-order valence-corrected chi connectivity index (χ3v) is 5.06. The molecule has 5 nitrogen and oxygen atoms in total. The second-order valence-corrected chi connectivity index (χ2v) is 6.70. The van der Waals surface area contributed by atoms with Gasteiger partial charge in [-0.15, -0.1) is 12.4 Å². The van der Waals surface area contributed by atoms with Crippen LogP contribution in [0, 0.1) is 5.82 Å². The van der Waals surface area contributed by atoms with E-state index in [1.165, 1.54) is 12.1 Å². The zero-order chi connectivity index (χ0) is 18.1. The van der Waals surface area contributed by atoms with Gasteiger partial charge in [-0.2, -0.15) is 0 Å². The smallest absolute Gasteiger partial charge is 0.231 e. The van der Waals surface area contributed by atoms with Crippen LogP contribution in [0.4, 0.5) is 10.1 Å². The predicted molar refractivity (Wildman–Crippen MR) is 103 cm³/mol. The van der Waals surface area contributed by atoms with E-state index in [4.69, 9.17) is 0 Å². The van der Waals surface area contributed by atoms with Crippen molar-refractivity contribution in [3.8, 4) is 0 Å². The molecule has 2 amide bonds. The summed E-state index contributed by atoms with van der Waals surface area (Å²) in [6.45, 7) is 1.77. The zero-order valence-corrected chi connectivity index (χ0v) is 15.5. The molecule has 2 aromatic rings. The number of nitrogens with zero attached hydrogens (tertiary/aromatic N) is 1. The van der Waals surface area contributed by atoms with Crippen LogP contribution in [0.5, 0.6) is 0 Å². The first-order chi connectivity index (χ1) is 12.6. The van der Waals surface area contributed by atoms with Crippen LogP contribution < -0.4 is 10.6 Å². The minimum atomic E-state index is -0.505. The molecule has 0 bridgehead atoms. The van der Waals surface area contributed by atoms with Crippen molar-refractivity contribution >= 4 is 29.9 Å². The molecule has 2 unspecified atom stereocenters. The first kappa shape index (κ1) is 19.3. The van der Waals surface area contributed by atoms with E-state index in [-0.39, 0.29) is 42.5 Å². The van der Waals surface area contributed by atoms with Gasteiger partial charge in [0.1, 0.15) is 5.82 Å². The van der Waals surface area contributed by atoms with E-state index in [2.05, 4.69) is 10.6 Å². The van der Waals surface area contributed by atoms with Gasteiger partial charge in [-0.05, 0) is 29.3 Å². The van der Waals surface area contributed by atoms with E-state index in [9.17, 15) is 14.0 Å². The number of nitrogens with one attached hydrogen (secondary N) is 2. The van der Waals surface area contributed by atoms with E-state index in [0.717, 1.165) is 11.1 Å². The lowest BCUT2D eigenvalue weighted by molar-refractivity contribution is -0.138. The van der Waals surface area contributed by atoms with Gasteiger partial charge < -0.3 is 15.5 Å². The first-order valence-corrected chi connectivity index (χ1v) is 8.79. The zero-order valence-electron chi connectivity index (χ0n) is 14.7. The molecule has 142 valence electrons. The van der Waals surface area contributed by atoms with E-state index in [1.807, 2.05) is 30.3 Å². The topological polar surface area (TPSA) is 61.4 Å². The number of anilines is 1. The molecule has 0 spiro atoms. The van der Waals surface area contributed by atoms with Crippen LogP contribution in [0.3, 0.4) is 0 Å². The Morgan fingerprint density at radius 1 is 1.15 bits per heavy atom. The average Bonchev–Trinajstić information content (AvgIpc) is 2.67. The van der Waals surface area contributed by atoms with Crippen LogP contribution in [-0.2, 0) is 9.59 Å². The Bertz CT molecular complexity index is 861. The van der Waals surface area contributed by atoms with Crippen molar-refractivity contribution in [1.29, 1.82) is 0 Å². The fourth-order valence-electron chi connectivity index (χ4n) is 3.81. The molecule has 27 heavy (non-hydrogen) atoms. The van der Waals surface area contributed by atoms with E-state index in [1.54, 1.807) is 11.0 Å². The van der Waals surface area contributed by atoms with Crippen LogP contribution >= 0.6 is 12.4 Å². The Balaban J connectivity index is 0.00000210. The van der Waals surface area contributed by atoms with Crippen molar-refractivity contribution in [2.75, 3.05) is 25.0 Å². The maximum atomic E-state index is 13.7. The number of amides is 2. The third-order valence-electron chi connectivity index (χ3n) is 5.06. The molecule has 7 heteroatoms. The summed E-state index contributed by atoms with van der Waals surface area (Å²) in [5, 5.41) is 6.10. The van der Waals surface area contributed by atoms with Gasteiger partial charge in [-0.3, -0.25) is 9.59 Å². The molecule has 0 saturated carbocycles. The largest absolute Gasteiger partial charge is 0.333 e. The number of halogens is 2. The van der Waals surface area contributed by atoms with Crippen LogP contribution in [0.25, 0.3) is 0 Å². The van der Waals surface area contributed by atoms with Crippen molar-refractivity contribution in [2.24, 2.45) is 0 Å². The highest BCUT2D eigenvalue weighted by molar-refractivity contribution is 6.01. The van der Waals surface area contributed by atoms with E-state index >= 15 is 0 Å². The molecule has 0 radical (unpaired) electrons. The predicted octanol–water partition coefficient (Wildman–Crippen LogP) is 2.85. The second kappa shape index (κ2) is 8.06. The Kier molecular flexibility index (Phi) is 5.77. The number of carbonyl (C=O) groups excluding carboxylic acids is 2. The summed E-state index contributed by atoms with van der Waals surface area (Å²) >= 11 is 0. The lowest BCUT2D eigenvalue weighted by atomic mass is 9.88. The molecule has 2 heterocycles. The van der Waals surface area contributed by atoms with Crippen molar-refractivity contribution in [1.82, 2.24) is 10.2 Å². The molecule has 1 fully saturated rings. The summed E-state index contributed by atoms with van der Waals surface area (Å²) in [5.74, 6) is -1.06. The molecule has 2 aromatic carbocycles. The molecular weight excluding hydrogens is 369 g/mol. The Morgan fingerprint density at radius 2 is 1.96 bits per heavy atom. The maximum absolute atomic E-state index is 13.7. The second-order valence-electron chi connectivity index (χ2n) is 6.70. The molecule has 2 atom stereocenters. The Morgan fingerprint density at radius 3 is 2.78 bits per heavy atom. The van der Waals surface area contributed by atoms with Crippen LogP contribution in [0.2, 0.25) is 0 Å². The van der Waals surface area contributed by atoms with Crippen LogP contribution in [0.15, 0.2) is 48.5 Å². The fraction of sp³-hybridized carbons (Fsp3) is 0.300. The molecule has 0 aromatic heterocycles. The standard InChI is InChI=1S/C20H20FN3O2.ClH/c21-14-5-3-4-13(10-14)18-12-22-8-9-24(18)20(26)16-11-19(25)23-17-7-2-1-6-15(16)17;/h1-7,10,16,18,22H,8-9,11-12H2,(H,23,25);1H. The number of benzene rings is 2. The van der Waals surface area contributed by atoms with Gasteiger partial charge in [0.2, 0.25) is 11.8 Å². The highest BCUT2D eigenvalue weighted by atomic mass is 35.5. The number of hydrogen-bond acceptors (Lipinski definition) is 3. The summed E-state index contributed by atoms with van der Waals surface area (Å²) in [4.78, 5) is 27.2. The molecule has 1 saturated heterocycles. The van der Waals surface area contributed by atoms with Gasteiger partial charge in [0.05, 0.1) is 12.0 Å². The monoisotopic (exact) mass is 389 g/mol. The third kappa shape index (κ3) is 3.82. The summed E-state index contributed by atoms with van der Waals surface area (Å²) in [6.07, 6.45) is 0.135. The quantitative estimate of drug-likeness (QED) is 0.830. The van der Waals surface area contributed by atoms with E-state index in [0.29, 0.717) is 25.3 Å². The summed E-state index contributed by atoms with van der Waals surface area (Å²) in [6, 6.07) is 13.5. The number of rotatable bonds is 2. The van der Waals surface area contributed by atoms with Gasteiger partial charge in [-0.1, -0.05) is 30.3 Å². The van der Waals surface area contributed by atoms with Gasteiger partial charge in [-0.25, -0.2) is 4.39 Å². The maximum Gasteiger partial charge on any atom is 0.231 e. The van der Waals surface area contributed by atoms with Gasteiger partial charge in [0.25, 0.3) is 0 Å². The SMILES string of the molecule is Cl.O=C1CC(C(=O)N2CCNCC2c2cccc(F)c2)c2ccccc2N1. The highest BCUT2D eigenvalue weighted by Crippen LogP contribution is 2.35. The number of para-hydroxylation sites is 1. The molecule has 0 aliphatic carbocycles. The number of fused-ring (bicyclic) bond motifs is 1. The minimum absolute atomic E-state index is 0. The Hall–Kier alpha value is -2.44. The molecule has 4 rings (SSSR count). The van der Waals surface area contributed by atoms with Gasteiger partial charge >= 0.3 is 0 Å². The van der Waals surface area contributed by atoms with Gasteiger partial charge in [0.15, 0.2) is 0 Å². The normalized spacial score (nSPS) is 21.7. The first-order valence-electron chi connectivity index (χ1n) is 8.79.